The number of nitrogens with zero attached hydrogens (tertiary/aromatic N) is 2. The van der Waals surface area contributed by atoms with Gasteiger partial charge in [-0.25, -0.2) is 19.2 Å². The lowest BCUT2D eigenvalue weighted by atomic mass is 9.45. The number of fused-ring (bicyclic) bond motifs is 5. The van der Waals surface area contributed by atoms with Crippen LogP contribution in [0.3, 0.4) is 0 Å². The number of aliphatic imine (C=N–C) groups is 1. The maximum absolute atomic E-state index is 13.9. The number of aromatic nitrogens is 1. The Morgan fingerprint density at radius 1 is 1.27 bits per heavy atom. The van der Waals surface area contributed by atoms with Crippen molar-refractivity contribution >= 4 is 45.6 Å². The molecule has 1 aromatic carbocycles. The number of thioether (sulfide) groups is 1. The van der Waals surface area contributed by atoms with Crippen molar-refractivity contribution in [3.63, 3.8) is 0 Å². The lowest BCUT2D eigenvalue weighted by molar-refractivity contribution is -0.174. The van der Waals surface area contributed by atoms with E-state index in [1.165, 1.54) is 29.0 Å². The van der Waals surface area contributed by atoms with Crippen LogP contribution in [0.2, 0.25) is 0 Å². The SMILES string of the molecule is Cc1ncsc1C(=O)O[C@]1(C(=O)SCN)CCC2[C@@H]3CCC4=CC(=Nc5ccc(F)cc5)C(=CN)C[C@]4(C)C3C(O)C[C@@]21C. The van der Waals surface area contributed by atoms with Gasteiger partial charge in [0.1, 0.15) is 10.7 Å². The highest BCUT2D eigenvalue weighted by Crippen LogP contribution is 2.69. The summed E-state index contributed by atoms with van der Waals surface area (Å²) in [6, 6.07) is 6.07. The maximum Gasteiger partial charge on any atom is 0.351 e. The number of aliphatic hydroxyl groups excluding tert-OH is 1. The summed E-state index contributed by atoms with van der Waals surface area (Å²) < 4.78 is 19.8. The molecule has 3 unspecified atom stereocenters. The van der Waals surface area contributed by atoms with Gasteiger partial charge in [-0.3, -0.25) is 4.79 Å². The largest absolute Gasteiger partial charge is 0.445 e. The van der Waals surface area contributed by atoms with Crippen LogP contribution in [0.15, 0.2) is 58.2 Å². The van der Waals surface area contributed by atoms with E-state index in [-0.39, 0.29) is 40.0 Å². The van der Waals surface area contributed by atoms with Crippen molar-refractivity contribution < 1.29 is 23.8 Å². The van der Waals surface area contributed by atoms with Crippen LogP contribution in [0.25, 0.3) is 0 Å². The fourth-order valence-corrected chi connectivity index (χ4v) is 10.5. The van der Waals surface area contributed by atoms with E-state index < -0.39 is 23.1 Å². The number of carbonyl (C=O) groups excluding carboxylic acids is 2. The zero-order valence-electron chi connectivity index (χ0n) is 25.2. The summed E-state index contributed by atoms with van der Waals surface area (Å²) in [6.07, 6.45) is 6.65. The number of hydrogen-bond acceptors (Lipinski definition) is 10. The van der Waals surface area contributed by atoms with Crippen molar-refractivity contribution in [3.8, 4) is 0 Å². The summed E-state index contributed by atoms with van der Waals surface area (Å²) in [5, 5.41) is 11.8. The lowest BCUT2D eigenvalue weighted by Gasteiger charge is -2.60. The first-order valence-corrected chi connectivity index (χ1v) is 17.0. The first-order valence-electron chi connectivity index (χ1n) is 15.1. The Morgan fingerprint density at radius 2 is 2.02 bits per heavy atom. The van der Waals surface area contributed by atoms with Gasteiger partial charge in [0.05, 0.1) is 28.7 Å². The number of esters is 1. The van der Waals surface area contributed by atoms with Crippen LogP contribution in [0, 0.1) is 41.3 Å². The van der Waals surface area contributed by atoms with E-state index in [0.29, 0.717) is 41.9 Å². The molecule has 1 heterocycles. The molecule has 0 amide bonds. The van der Waals surface area contributed by atoms with Gasteiger partial charge in [0.2, 0.25) is 5.12 Å². The van der Waals surface area contributed by atoms with Crippen LogP contribution in [0.1, 0.15) is 67.7 Å². The molecular weight excluding hydrogens is 600 g/mol. The zero-order valence-corrected chi connectivity index (χ0v) is 26.8. The van der Waals surface area contributed by atoms with Gasteiger partial charge in [-0.2, -0.15) is 0 Å². The summed E-state index contributed by atoms with van der Waals surface area (Å²) >= 11 is 2.18. The summed E-state index contributed by atoms with van der Waals surface area (Å²) in [5.74, 6) is -0.686. The molecular formula is C33H39FN4O4S2. The normalized spacial score (nSPS) is 36.4. The van der Waals surface area contributed by atoms with Gasteiger partial charge < -0.3 is 21.3 Å². The number of allylic oxidation sites excluding steroid dienone is 3. The number of hydrogen-bond donors (Lipinski definition) is 3. The van der Waals surface area contributed by atoms with Gasteiger partial charge in [-0.05, 0) is 111 Å². The molecule has 6 rings (SSSR count). The summed E-state index contributed by atoms with van der Waals surface area (Å²) in [7, 11) is 0. The van der Waals surface area contributed by atoms with Gasteiger partial charge in [0.15, 0.2) is 5.60 Å². The van der Waals surface area contributed by atoms with Crippen molar-refractivity contribution in [1.82, 2.24) is 4.98 Å². The second-order valence-electron chi connectivity index (χ2n) is 13.1. The highest BCUT2D eigenvalue weighted by molar-refractivity contribution is 8.13. The second kappa shape index (κ2) is 11.5. The van der Waals surface area contributed by atoms with E-state index in [0.717, 1.165) is 35.9 Å². The lowest BCUT2D eigenvalue weighted by Crippen LogP contribution is -2.62. The summed E-state index contributed by atoms with van der Waals surface area (Å²) in [5.41, 5.74) is 15.1. The van der Waals surface area contributed by atoms with Crippen LogP contribution < -0.4 is 11.5 Å². The van der Waals surface area contributed by atoms with Crippen molar-refractivity contribution in [1.29, 1.82) is 0 Å². The number of nitrogens with two attached hydrogens (primary N) is 2. The Bertz CT molecular complexity index is 1570. The number of rotatable bonds is 5. The molecule has 0 radical (unpaired) electrons. The van der Waals surface area contributed by atoms with Gasteiger partial charge in [-0.15, -0.1) is 11.3 Å². The molecule has 3 fully saturated rings. The Balaban J connectivity index is 1.36. The van der Waals surface area contributed by atoms with Crippen LogP contribution >= 0.6 is 23.1 Å². The molecule has 44 heavy (non-hydrogen) atoms. The van der Waals surface area contributed by atoms with Gasteiger partial charge >= 0.3 is 5.97 Å². The zero-order chi connectivity index (χ0) is 31.4. The average molecular weight is 639 g/mol. The predicted octanol–water partition coefficient (Wildman–Crippen LogP) is 5.82. The number of ether oxygens (including phenoxy) is 1. The van der Waals surface area contributed by atoms with Crippen molar-refractivity contribution in [2.75, 3.05) is 5.88 Å². The van der Waals surface area contributed by atoms with Crippen LogP contribution in [0.5, 0.6) is 0 Å². The minimum Gasteiger partial charge on any atom is -0.445 e. The minimum atomic E-state index is -1.40. The number of carbonyl (C=O) groups is 2. The molecule has 11 heteroatoms. The number of aryl methyl sites for hydroxylation is 1. The minimum absolute atomic E-state index is 0.0616. The molecule has 0 aliphatic heterocycles. The highest BCUT2D eigenvalue weighted by atomic mass is 32.2. The molecule has 0 bridgehead atoms. The standard InChI is InChI=1S/C33H39FN4O4S2/c1-18-28(44-17-37-18)29(40)42-33(30(41)43-16-36)11-10-24-23-9-4-20-12-25(38-22-7-5-21(34)6-8-22)19(15-35)13-31(20,2)27(23)26(39)14-32(24,33)3/h5-8,12,15,17,23-24,26-27,39H,4,9-11,13-14,16,35-36H2,1-3H3/t23-,24?,26?,27?,31-,32-,33-/m0/s1. The molecule has 5 N–H and O–H groups in total. The molecule has 1 aromatic heterocycles. The van der Waals surface area contributed by atoms with E-state index >= 15 is 0 Å². The van der Waals surface area contributed by atoms with E-state index in [1.807, 2.05) is 6.92 Å². The average Bonchev–Trinajstić information content (AvgIpc) is 3.54. The van der Waals surface area contributed by atoms with Crippen LogP contribution in [-0.4, -0.2) is 44.5 Å². The van der Waals surface area contributed by atoms with Gasteiger partial charge in [0.25, 0.3) is 0 Å². The van der Waals surface area contributed by atoms with E-state index in [9.17, 15) is 19.1 Å². The second-order valence-corrected chi connectivity index (χ2v) is 14.9. The fraction of sp³-hybridized carbons (Fsp3) is 0.515. The number of halogens is 1. The smallest absolute Gasteiger partial charge is 0.351 e. The Morgan fingerprint density at radius 3 is 2.68 bits per heavy atom. The Labute approximate surface area is 265 Å². The summed E-state index contributed by atoms with van der Waals surface area (Å²) in [4.78, 5) is 36.8. The Kier molecular flexibility index (Phi) is 8.13. The quantitative estimate of drug-likeness (QED) is 0.275. The molecule has 4 aliphatic rings. The molecule has 234 valence electrons. The third-order valence-electron chi connectivity index (χ3n) is 11.0. The van der Waals surface area contributed by atoms with Gasteiger partial charge in [0, 0.05) is 11.3 Å². The molecule has 7 atom stereocenters. The fourth-order valence-electron chi connectivity index (χ4n) is 9.02. The number of benzene rings is 1. The molecule has 2 aromatic rings. The van der Waals surface area contributed by atoms with E-state index in [1.54, 1.807) is 30.8 Å². The highest BCUT2D eigenvalue weighted by Gasteiger charge is 2.70. The van der Waals surface area contributed by atoms with Crippen LogP contribution in [-0.2, 0) is 9.53 Å². The topological polar surface area (TPSA) is 141 Å². The summed E-state index contributed by atoms with van der Waals surface area (Å²) in [6.45, 7) is 5.99. The predicted molar refractivity (Wildman–Crippen MR) is 171 cm³/mol. The molecule has 8 nitrogen and oxygen atoms in total. The maximum atomic E-state index is 13.9. The monoisotopic (exact) mass is 638 g/mol. The first kappa shape index (κ1) is 31.1. The van der Waals surface area contributed by atoms with Crippen molar-refractivity contribution in [2.24, 2.45) is 45.0 Å². The number of thiazole rings is 1. The molecule has 0 spiro atoms. The van der Waals surface area contributed by atoms with E-state index in [4.69, 9.17) is 21.2 Å². The van der Waals surface area contributed by atoms with Gasteiger partial charge in [-0.1, -0.05) is 31.2 Å². The molecule has 4 aliphatic carbocycles. The molecule has 3 saturated carbocycles. The Hall–Kier alpha value is -2.86. The van der Waals surface area contributed by atoms with E-state index in [2.05, 4.69) is 18.0 Å². The first-order chi connectivity index (χ1) is 21.0. The van der Waals surface area contributed by atoms with Crippen molar-refractivity contribution in [2.45, 2.75) is 71.0 Å². The van der Waals surface area contributed by atoms with Crippen LogP contribution in [0.4, 0.5) is 10.1 Å². The molecule has 0 saturated heterocycles. The third kappa shape index (κ3) is 4.78. The third-order valence-corrected chi connectivity index (χ3v) is 12.7. The van der Waals surface area contributed by atoms with Crippen molar-refractivity contribution in [3.05, 3.63) is 69.6 Å². The number of aliphatic hydroxyl groups is 1.